The predicted molar refractivity (Wildman–Crippen MR) is 133 cm³/mol. The largest absolute Gasteiger partial charge is 0.366 e. The highest BCUT2D eigenvalue weighted by Gasteiger charge is 2.25. The number of rotatable bonds is 6. The summed E-state index contributed by atoms with van der Waals surface area (Å²) in [5, 5.41) is 3.44. The van der Waals surface area contributed by atoms with E-state index in [1.807, 2.05) is 19.2 Å². The summed E-state index contributed by atoms with van der Waals surface area (Å²) in [4.78, 5) is 20.5. The lowest BCUT2D eigenvalue weighted by molar-refractivity contribution is 0.100. The van der Waals surface area contributed by atoms with Gasteiger partial charge in [0.15, 0.2) is 5.96 Å². The van der Waals surface area contributed by atoms with Crippen molar-refractivity contribution in [2.75, 3.05) is 33.2 Å². The number of benzene rings is 2. The van der Waals surface area contributed by atoms with Crippen LogP contribution < -0.4 is 11.1 Å². The second-order valence-electron chi connectivity index (χ2n) is 7.32. The average Bonchev–Trinajstić information content (AvgIpc) is 2.77. The molecule has 1 amide bonds. The first-order valence-electron chi connectivity index (χ1n) is 10.3. The first-order valence-corrected chi connectivity index (χ1v) is 10.3. The normalized spacial score (nSPS) is 15.9. The molecule has 1 unspecified atom stereocenters. The van der Waals surface area contributed by atoms with Crippen molar-refractivity contribution < 1.29 is 4.79 Å². The minimum atomic E-state index is -0.404. The molecule has 3 N–H and O–H groups in total. The van der Waals surface area contributed by atoms with Crippen molar-refractivity contribution >= 4 is 35.8 Å². The van der Waals surface area contributed by atoms with Crippen LogP contribution in [-0.2, 0) is 6.54 Å². The van der Waals surface area contributed by atoms with Gasteiger partial charge in [-0.15, -0.1) is 24.0 Å². The van der Waals surface area contributed by atoms with Gasteiger partial charge in [0, 0.05) is 51.4 Å². The summed E-state index contributed by atoms with van der Waals surface area (Å²) >= 11 is 0. The van der Waals surface area contributed by atoms with Gasteiger partial charge in [0.05, 0.1) is 0 Å². The summed E-state index contributed by atoms with van der Waals surface area (Å²) in [6.45, 7) is 6.84. The fraction of sp³-hybridized carbons (Fsp3) is 0.391. The van der Waals surface area contributed by atoms with Crippen molar-refractivity contribution in [3.63, 3.8) is 0 Å². The third-order valence-electron chi connectivity index (χ3n) is 5.53. The number of aliphatic imine (C=N–C) groups is 1. The van der Waals surface area contributed by atoms with Crippen molar-refractivity contribution in [1.82, 2.24) is 15.1 Å². The number of carbonyl (C=O) groups is 1. The zero-order valence-corrected chi connectivity index (χ0v) is 20.1. The number of hydrogen-bond acceptors (Lipinski definition) is 3. The van der Waals surface area contributed by atoms with Gasteiger partial charge in [0.25, 0.3) is 0 Å². The molecule has 0 saturated carbocycles. The lowest BCUT2D eigenvalue weighted by Crippen LogP contribution is -2.52. The van der Waals surface area contributed by atoms with Gasteiger partial charge in [-0.2, -0.15) is 0 Å². The van der Waals surface area contributed by atoms with E-state index in [2.05, 4.69) is 57.4 Å². The molecule has 1 saturated heterocycles. The SMILES string of the molecule is CCC(c1ccccc1)N1CCN(C(=NC)NCc2ccc(C(N)=O)cc2)CC1.I. The smallest absolute Gasteiger partial charge is 0.248 e. The number of primary amides is 1. The zero-order chi connectivity index (χ0) is 20.6. The van der Waals surface area contributed by atoms with Crippen molar-refractivity contribution in [3.8, 4) is 0 Å². The van der Waals surface area contributed by atoms with Crippen LogP contribution in [0.5, 0.6) is 0 Å². The molecule has 1 atom stereocenters. The summed E-state index contributed by atoms with van der Waals surface area (Å²) in [5.41, 5.74) is 8.31. The number of guanidine groups is 1. The topological polar surface area (TPSA) is 74.0 Å². The lowest BCUT2D eigenvalue weighted by Gasteiger charge is -2.40. The molecule has 0 aliphatic carbocycles. The summed E-state index contributed by atoms with van der Waals surface area (Å²) in [7, 11) is 1.82. The number of halogens is 1. The van der Waals surface area contributed by atoms with E-state index in [0.717, 1.165) is 44.1 Å². The number of nitrogens with two attached hydrogens (primary N) is 1. The number of nitrogens with zero attached hydrogens (tertiary/aromatic N) is 3. The number of nitrogens with one attached hydrogen (secondary N) is 1. The number of hydrogen-bond donors (Lipinski definition) is 2. The maximum atomic E-state index is 11.2. The zero-order valence-electron chi connectivity index (χ0n) is 17.8. The van der Waals surface area contributed by atoms with Gasteiger partial charge in [-0.05, 0) is 29.7 Å². The maximum absolute atomic E-state index is 11.2. The molecule has 0 radical (unpaired) electrons. The van der Waals surface area contributed by atoms with Crippen molar-refractivity contribution in [1.29, 1.82) is 0 Å². The Kier molecular flexibility index (Phi) is 9.58. The van der Waals surface area contributed by atoms with Crippen molar-refractivity contribution in [2.24, 2.45) is 10.7 Å². The quantitative estimate of drug-likeness (QED) is 0.348. The first-order chi connectivity index (χ1) is 14.1. The van der Waals surface area contributed by atoms with E-state index in [9.17, 15) is 4.79 Å². The molecule has 1 aliphatic rings. The van der Waals surface area contributed by atoms with E-state index in [1.165, 1.54) is 5.56 Å². The van der Waals surface area contributed by atoms with E-state index in [1.54, 1.807) is 12.1 Å². The number of piperazine rings is 1. The lowest BCUT2D eigenvalue weighted by atomic mass is 10.0. The fourth-order valence-corrected chi connectivity index (χ4v) is 3.93. The van der Waals surface area contributed by atoms with Crippen LogP contribution >= 0.6 is 24.0 Å². The molecule has 1 fully saturated rings. The van der Waals surface area contributed by atoms with Gasteiger partial charge in [0.2, 0.25) is 5.91 Å². The maximum Gasteiger partial charge on any atom is 0.248 e. The van der Waals surface area contributed by atoms with Gasteiger partial charge in [-0.1, -0.05) is 49.4 Å². The third-order valence-corrected chi connectivity index (χ3v) is 5.53. The van der Waals surface area contributed by atoms with Crippen LogP contribution in [0.4, 0.5) is 0 Å². The average molecular weight is 521 g/mol. The van der Waals surface area contributed by atoms with Gasteiger partial charge >= 0.3 is 0 Å². The minimum Gasteiger partial charge on any atom is -0.366 e. The van der Waals surface area contributed by atoms with E-state index in [4.69, 9.17) is 5.73 Å². The van der Waals surface area contributed by atoms with E-state index in [-0.39, 0.29) is 24.0 Å². The van der Waals surface area contributed by atoms with Gasteiger partial charge in [-0.3, -0.25) is 14.7 Å². The molecule has 7 heteroatoms. The molecule has 2 aromatic rings. The fourth-order valence-electron chi connectivity index (χ4n) is 3.93. The van der Waals surface area contributed by atoms with E-state index < -0.39 is 5.91 Å². The van der Waals surface area contributed by atoms with Crippen LogP contribution in [0.2, 0.25) is 0 Å². The van der Waals surface area contributed by atoms with E-state index >= 15 is 0 Å². The van der Waals surface area contributed by atoms with E-state index in [0.29, 0.717) is 18.2 Å². The van der Waals surface area contributed by atoms with Gasteiger partial charge in [0.1, 0.15) is 0 Å². The highest BCUT2D eigenvalue weighted by molar-refractivity contribution is 14.0. The van der Waals surface area contributed by atoms with Crippen molar-refractivity contribution in [2.45, 2.75) is 25.9 Å². The molecule has 30 heavy (non-hydrogen) atoms. The summed E-state index contributed by atoms with van der Waals surface area (Å²) in [6, 6.07) is 18.6. The minimum absolute atomic E-state index is 0. The predicted octanol–water partition coefficient (Wildman–Crippen LogP) is 3.25. The molecule has 0 spiro atoms. The standard InChI is InChI=1S/C23H31N5O.HI/c1-3-21(19-7-5-4-6-8-19)27-13-15-28(16-14-27)23(25-2)26-17-18-9-11-20(12-10-18)22(24)29;/h4-12,21H,3,13-17H2,1-2H3,(H2,24,29)(H,25,26);1H. The first kappa shape index (κ1) is 24.1. The molecule has 0 bridgehead atoms. The number of carbonyl (C=O) groups excluding carboxylic acids is 1. The summed E-state index contributed by atoms with van der Waals surface area (Å²) < 4.78 is 0. The Morgan fingerprint density at radius 2 is 1.70 bits per heavy atom. The highest BCUT2D eigenvalue weighted by atomic mass is 127. The molecule has 0 aromatic heterocycles. The molecular formula is C23H32IN5O. The second kappa shape index (κ2) is 11.9. The third kappa shape index (κ3) is 6.18. The van der Waals surface area contributed by atoms with Crippen molar-refractivity contribution in [3.05, 3.63) is 71.3 Å². The Labute approximate surface area is 196 Å². The highest BCUT2D eigenvalue weighted by Crippen LogP contribution is 2.25. The molecule has 1 aliphatic heterocycles. The summed E-state index contributed by atoms with van der Waals surface area (Å²) in [5.74, 6) is 0.510. The molecule has 3 rings (SSSR count). The second-order valence-corrected chi connectivity index (χ2v) is 7.32. The Bertz CT molecular complexity index is 817. The molecule has 1 heterocycles. The van der Waals surface area contributed by atoms with Gasteiger partial charge < -0.3 is 16.0 Å². The Morgan fingerprint density at radius 3 is 2.23 bits per heavy atom. The Balaban J connectivity index is 0.00000320. The van der Waals surface area contributed by atoms with Crippen LogP contribution in [-0.4, -0.2) is 54.9 Å². The van der Waals surface area contributed by atoms with Crippen LogP contribution in [0, 0.1) is 0 Å². The van der Waals surface area contributed by atoms with Crippen LogP contribution in [0.15, 0.2) is 59.6 Å². The molecular weight excluding hydrogens is 489 g/mol. The number of amides is 1. The summed E-state index contributed by atoms with van der Waals surface area (Å²) in [6.07, 6.45) is 1.11. The Morgan fingerprint density at radius 1 is 1.07 bits per heavy atom. The Hall–Kier alpha value is -2.13. The van der Waals surface area contributed by atoms with Crippen LogP contribution in [0.25, 0.3) is 0 Å². The molecule has 2 aromatic carbocycles. The van der Waals surface area contributed by atoms with Crippen LogP contribution in [0.3, 0.4) is 0 Å². The molecule has 6 nitrogen and oxygen atoms in total. The monoisotopic (exact) mass is 521 g/mol. The van der Waals surface area contributed by atoms with Crippen LogP contribution in [0.1, 0.15) is 40.9 Å². The molecule has 162 valence electrons. The van der Waals surface area contributed by atoms with Gasteiger partial charge in [-0.25, -0.2) is 0 Å².